The van der Waals surface area contributed by atoms with Gasteiger partial charge in [0.2, 0.25) is 0 Å². The molecule has 1 nitrogen and oxygen atoms in total. The average molecular weight is 236 g/mol. The number of aliphatic hydroxyl groups excluding tert-OH is 1. The zero-order valence-electron chi connectivity index (χ0n) is 9.86. The van der Waals surface area contributed by atoms with Crippen molar-refractivity contribution in [3.63, 3.8) is 0 Å². The van der Waals surface area contributed by atoms with E-state index in [-0.39, 0.29) is 6.61 Å². The zero-order valence-corrected chi connectivity index (χ0v) is 10.7. The van der Waals surface area contributed by atoms with E-state index in [9.17, 15) is 0 Å². The standard InChI is InChI=1S/C14H20OS/c1-11-5-7-13(8-6-11)16-14-4-2-3-12(9-14)10-15/h2-4,9,11,13,15H,5-8,10H2,1H3. The first-order valence-electron chi connectivity index (χ1n) is 6.14. The third kappa shape index (κ3) is 3.26. The first kappa shape index (κ1) is 12.0. The molecule has 16 heavy (non-hydrogen) atoms. The van der Waals surface area contributed by atoms with Gasteiger partial charge in [0.1, 0.15) is 0 Å². The molecule has 0 saturated heterocycles. The van der Waals surface area contributed by atoms with Crippen molar-refractivity contribution >= 4 is 11.8 Å². The topological polar surface area (TPSA) is 20.2 Å². The Bertz CT molecular complexity index is 329. The second-order valence-corrected chi connectivity index (χ2v) is 6.18. The van der Waals surface area contributed by atoms with E-state index in [1.165, 1.54) is 30.6 Å². The third-order valence-electron chi connectivity index (χ3n) is 3.35. The highest BCUT2D eigenvalue weighted by Crippen LogP contribution is 2.35. The maximum Gasteiger partial charge on any atom is 0.0682 e. The summed E-state index contributed by atoms with van der Waals surface area (Å²) in [5.41, 5.74) is 1.02. The van der Waals surface area contributed by atoms with Gasteiger partial charge in [0.15, 0.2) is 0 Å². The van der Waals surface area contributed by atoms with Crippen molar-refractivity contribution in [3.05, 3.63) is 29.8 Å². The summed E-state index contributed by atoms with van der Waals surface area (Å²) in [4.78, 5) is 1.31. The Morgan fingerprint density at radius 1 is 1.25 bits per heavy atom. The molecule has 0 radical (unpaired) electrons. The van der Waals surface area contributed by atoms with E-state index in [1.54, 1.807) is 0 Å². The van der Waals surface area contributed by atoms with Crippen LogP contribution >= 0.6 is 11.8 Å². The summed E-state index contributed by atoms with van der Waals surface area (Å²) < 4.78 is 0. The lowest BCUT2D eigenvalue weighted by atomic mass is 9.91. The highest BCUT2D eigenvalue weighted by molar-refractivity contribution is 8.00. The van der Waals surface area contributed by atoms with E-state index < -0.39 is 0 Å². The molecular weight excluding hydrogens is 216 g/mol. The van der Waals surface area contributed by atoms with Crippen LogP contribution in [0.25, 0.3) is 0 Å². The van der Waals surface area contributed by atoms with Gasteiger partial charge in [0.05, 0.1) is 6.61 Å². The number of hydrogen-bond acceptors (Lipinski definition) is 2. The fourth-order valence-corrected chi connectivity index (χ4v) is 3.53. The van der Waals surface area contributed by atoms with Gasteiger partial charge in [-0.3, -0.25) is 0 Å². The van der Waals surface area contributed by atoms with E-state index in [0.717, 1.165) is 16.7 Å². The quantitative estimate of drug-likeness (QED) is 0.860. The van der Waals surface area contributed by atoms with Crippen LogP contribution in [0.15, 0.2) is 29.2 Å². The normalized spacial score (nSPS) is 25.6. The monoisotopic (exact) mass is 236 g/mol. The van der Waals surface area contributed by atoms with Crippen molar-refractivity contribution < 1.29 is 5.11 Å². The van der Waals surface area contributed by atoms with Crippen molar-refractivity contribution in [1.82, 2.24) is 0 Å². The molecule has 0 unspecified atom stereocenters. The molecule has 0 aromatic heterocycles. The predicted octanol–water partition coefficient (Wildman–Crippen LogP) is 3.85. The molecule has 0 heterocycles. The first-order valence-corrected chi connectivity index (χ1v) is 7.02. The number of thioether (sulfide) groups is 1. The maximum absolute atomic E-state index is 9.09. The Hall–Kier alpha value is -0.470. The second kappa shape index (κ2) is 5.74. The average Bonchev–Trinajstić information content (AvgIpc) is 2.32. The SMILES string of the molecule is CC1CCC(Sc2cccc(CO)c2)CC1. The number of hydrogen-bond donors (Lipinski definition) is 1. The van der Waals surface area contributed by atoms with Gasteiger partial charge in [0, 0.05) is 10.1 Å². The fraction of sp³-hybridized carbons (Fsp3) is 0.571. The molecule has 1 aliphatic carbocycles. The smallest absolute Gasteiger partial charge is 0.0682 e. The maximum atomic E-state index is 9.09. The summed E-state index contributed by atoms with van der Waals surface area (Å²) in [6.45, 7) is 2.50. The van der Waals surface area contributed by atoms with Crippen LogP contribution in [-0.4, -0.2) is 10.4 Å². The molecule has 0 spiro atoms. The van der Waals surface area contributed by atoms with Crippen LogP contribution in [0.4, 0.5) is 0 Å². The number of aliphatic hydroxyl groups is 1. The van der Waals surface area contributed by atoms with Crippen LogP contribution < -0.4 is 0 Å². The van der Waals surface area contributed by atoms with Gasteiger partial charge in [0.25, 0.3) is 0 Å². The van der Waals surface area contributed by atoms with Gasteiger partial charge in [-0.05, 0) is 49.3 Å². The Morgan fingerprint density at radius 2 is 2.00 bits per heavy atom. The van der Waals surface area contributed by atoms with Crippen molar-refractivity contribution in [2.45, 2.75) is 49.4 Å². The van der Waals surface area contributed by atoms with Gasteiger partial charge in [-0.1, -0.05) is 19.1 Å². The van der Waals surface area contributed by atoms with Gasteiger partial charge in [-0.2, -0.15) is 0 Å². The predicted molar refractivity (Wildman–Crippen MR) is 69.6 cm³/mol. The lowest BCUT2D eigenvalue weighted by Gasteiger charge is -2.25. The van der Waals surface area contributed by atoms with Crippen LogP contribution in [0.5, 0.6) is 0 Å². The van der Waals surface area contributed by atoms with Crippen molar-refractivity contribution in [1.29, 1.82) is 0 Å². The molecule has 88 valence electrons. The third-order valence-corrected chi connectivity index (χ3v) is 4.68. The summed E-state index contributed by atoms with van der Waals surface area (Å²) in [7, 11) is 0. The molecule has 2 heteroatoms. The molecule has 0 atom stereocenters. The lowest BCUT2D eigenvalue weighted by molar-refractivity contribution is 0.281. The minimum Gasteiger partial charge on any atom is -0.392 e. The Balaban J connectivity index is 1.93. The van der Waals surface area contributed by atoms with Gasteiger partial charge in [-0.15, -0.1) is 11.8 Å². The molecule has 0 amide bonds. The van der Waals surface area contributed by atoms with E-state index >= 15 is 0 Å². The molecule has 1 N–H and O–H groups in total. The largest absolute Gasteiger partial charge is 0.392 e. The molecule has 1 aromatic carbocycles. The molecule has 0 aliphatic heterocycles. The van der Waals surface area contributed by atoms with Crippen LogP contribution in [0, 0.1) is 5.92 Å². The first-order chi connectivity index (χ1) is 7.78. The van der Waals surface area contributed by atoms with Gasteiger partial charge in [-0.25, -0.2) is 0 Å². The van der Waals surface area contributed by atoms with E-state index in [2.05, 4.69) is 19.1 Å². The fourth-order valence-electron chi connectivity index (χ4n) is 2.26. The lowest BCUT2D eigenvalue weighted by Crippen LogP contribution is -2.13. The van der Waals surface area contributed by atoms with Crippen LogP contribution in [0.2, 0.25) is 0 Å². The van der Waals surface area contributed by atoms with Gasteiger partial charge < -0.3 is 5.11 Å². The highest BCUT2D eigenvalue weighted by Gasteiger charge is 2.18. The molecule has 1 saturated carbocycles. The minimum absolute atomic E-state index is 0.149. The minimum atomic E-state index is 0.149. The molecule has 1 aliphatic rings. The molecule has 2 rings (SSSR count). The Labute approximate surface area is 102 Å². The Kier molecular flexibility index (Phi) is 4.30. The van der Waals surface area contributed by atoms with Crippen molar-refractivity contribution in [2.24, 2.45) is 5.92 Å². The molecular formula is C14H20OS. The van der Waals surface area contributed by atoms with Crippen LogP contribution in [0.3, 0.4) is 0 Å². The van der Waals surface area contributed by atoms with Crippen LogP contribution in [-0.2, 0) is 6.61 Å². The second-order valence-electron chi connectivity index (χ2n) is 4.81. The van der Waals surface area contributed by atoms with E-state index in [0.29, 0.717) is 0 Å². The van der Waals surface area contributed by atoms with E-state index in [4.69, 9.17) is 5.11 Å². The summed E-state index contributed by atoms with van der Waals surface area (Å²) >= 11 is 1.98. The number of rotatable bonds is 3. The van der Waals surface area contributed by atoms with Crippen molar-refractivity contribution in [3.8, 4) is 0 Å². The van der Waals surface area contributed by atoms with Crippen LogP contribution in [0.1, 0.15) is 38.2 Å². The summed E-state index contributed by atoms with van der Waals surface area (Å²) in [5.74, 6) is 0.917. The van der Waals surface area contributed by atoms with Gasteiger partial charge >= 0.3 is 0 Å². The van der Waals surface area contributed by atoms with E-state index in [1.807, 2.05) is 23.9 Å². The summed E-state index contributed by atoms with van der Waals surface area (Å²) in [6.07, 6.45) is 5.43. The number of benzene rings is 1. The molecule has 1 fully saturated rings. The zero-order chi connectivity index (χ0) is 11.4. The Morgan fingerprint density at radius 3 is 2.69 bits per heavy atom. The summed E-state index contributed by atoms with van der Waals surface area (Å²) in [6, 6.07) is 8.29. The van der Waals surface area contributed by atoms with Crippen molar-refractivity contribution in [2.75, 3.05) is 0 Å². The molecule has 1 aromatic rings. The highest BCUT2D eigenvalue weighted by atomic mass is 32.2. The summed E-state index contributed by atoms with van der Waals surface area (Å²) in [5, 5.41) is 9.88. The molecule has 0 bridgehead atoms.